The van der Waals surface area contributed by atoms with E-state index in [9.17, 15) is 18.0 Å². The number of hydrogen-bond donors (Lipinski definition) is 1. The zero-order chi connectivity index (χ0) is 15.6. The summed E-state index contributed by atoms with van der Waals surface area (Å²) in [5.74, 6) is -3.80. The first-order chi connectivity index (χ1) is 9.92. The minimum Gasteiger partial charge on any atom is -0.461 e. The van der Waals surface area contributed by atoms with Gasteiger partial charge >= 0.3 is 5.97 Å². The quantitative estimate of drug-likeness (QED) is 0.872. The van der Waals surface area contributed by atoms with Crippen molar-refractivity contribution in [1.29, 1.82) is 0 Å². The Kier molecular flexibility index (Phi) is 4.46. The lowest BCUT2D eigenvalue weighted by molar-refractivity contribution is 0.0519. The van der Waals surface area contributed by atoms with Crippen molar-refractivity contribution in [2.45, 2.75) is 13.8 Å². The van der Waals surface area contributed by atoms with Gasteiger partial charge in [-0.3, -0.25) is 0 Å². The predicted octanol–water partition coefficient (Wildman–Crippen LogP) is 3.79. The van der Waals surface area contributed by atoms with Crippen LogP contribution in [0.4, 0.5) is 24.0 Å². The molecular weight excluding hydrogens is 305 g/mol. The average Bonchev–Trinajstić information content (AvgIpc) is 2.75. The fourth-order valence-electron chi connectivity index (χ4n) is 1.61. The van der Waals surface area contributed by atoms with Crippen molar-refractivity contribution in [3.05, 3.63) is 40.2 Å². The van der Waals surface area contributed by atoms with E-state index < -0.39 is 29.1 Å². The number of aryl methyl sites for hydroxylation is 1. The van der Waals surface area contributed by atoms with Crippen LogP contribution in [-0.4, -0.2) is 17.6 Å². The van der Waals surface area contributed by atoms with Crippen LogP contribution in [0, 0.1) is 24.4 Å². The number of nitrogens with one attached hydrogen (secondary N) is 1. The summed E-state index contributed by atoms with van der Waals surface area (Å²) in [5.41, 5.74) is -0.451. The number of ether oxygens (including phenoxy) is 1. The molecular formula is C13H11F3N2O2S. The number of halogens is 3. The third-order valence-corrected chi connectivity index (χ3v) is 3.39. The van der Waals surface area contributed by atoms with Gasteiger partial charge in [0, 0.05) is 17.0 Å². The molecule has 4 nitrogen and oxygen atoms in total. The number of hydrogen-bond acceptors (Lipinski definition) is 5. The lowest BCUT2D eigenvalue weighted by atomic mass is 10.3. The first-order valence-corrected chi connectivity index (χ1v) is 6.80. The molecule has 0 aliphatic rings. The molecule has 2 aromatic rings. The zero-order valence-electron chi connectivity index (χ0n) is 11.2. The zero-order valence-corrected chi connectivity index (χ0v) is 12.0. The van der Waals surface area contributed by atoms with Gasteiger partial charge in [0.2, 0.25) is 0 Å². The SMILES string of the molecule is CCOC(=O)c1nc(Nc2c(F)cc(F)cc2F)sc1C. The fraction of sp³-hybridized carbons (Fsp3) is 0.231. The van der Waals surface area contributed by atoms with Crippen LogP contribution < -0.4 is 5.32 Å². The van der Waals surface area contributed by atoms with E-state index in [1.165, 1.54) is 0 Å². The number of anilines is 2. The fourth-order valence-corrected chi connectivity index (χ4v) is 2.41. The maximum Gasteiger partial charge on any atom is 0.358 e. The summed E-state index contributed by atoms with van der Waals surface area (Å²) in [6, 6.07) is 1.11. The Morgan fingerprint density at radius 2 is 1.95 bits per heavy atom. The van der Waals surface area contributed by atoms with Crippen LogP contribution in [0.1, 0.15) is 22.3 Å². The van der Waals surface area contributed by atoms with Crippen molar-refractivity contribution >= 4 is 28.1 Å². The Morgan fingerprint density at radius 3 is 2.52 bits per heavy atom. The van der Waals surface area contributed by atoms with Crippen molar-refractivity contribution in [3.63, 3.8) is 0 Å². The molecule has 1 aromatic heterocycles. The molecule has 0 aliphatic carbocycles. The predicted molar refractivity (Wildman–Crippen MR) is 72.4 cm³/mol. The van der Waals surface area contributed by atoms with Gasteiger partial charge in [-0.1, -0.05) is 0 Å². The molecule has 8 heteroatoms. The molecule has 0 unspecified atom stereocenters. The first-order valence-electron chi connectivity index (χ1n) is 5.98. The molecule has 0 saturated carbocycles. The smallest absolute Gasteiger partial charge is 0.358 e. The Labute approximate surface area is 122 Å². The standard InChI is InChI=1S/C13H11F3N2O2S/c1-3-20-12(19)10-6(2)21-13(17-10)18-11-8(15)4-7(14)5-9(11)16/h4-5H,3H2,1-2H3,(H,17,18). The Hall–Kier alpha value is -2.09. The minimum atomic E-state index is -1.09. The second-order valence-electron chi connectivity index (χ2n) is 4.01. The van der Waals surface area contributed by atoms with Crippen LogP contribution in [0.15, 0.2) is 12.1 Å². The lowest BCUT2D eigenvalue weighted by Crippen LogP contribution is -2.06. The molecule has 1 aromatic carbocycles. The third-order valence-electron chi connectivity index (χ3n) is 2.50. The lowest BCUT2D eigenvalue weighted by Gasteiger charge is -2.05. The highest BCUT2D eigenvalue weighted by Gasteiger charge is 2.18. The van der Waals surface area contributed by atoms with Gasteiger partial charge in [-0.2, -0.15) is 0 Å². The average molecular weight is 316 g/mol. The van der Waals surface area contributed by atoms with E-state index in [0.717, 1.165) is 11.3 Å². The van der Waals surface area contributed by atoms with E-state index in [0.29, 0.717) is 17.0 Å². The summed E-state index contributed by atoms with van der Waals surface area (Å²) in [7, 11) is 0. The molecule has 112 valence electrons. The number of nitrogens with zero attached hydrogens (tertiary/aromatic N) is 1. The van der Waals surface area contributed by atoms with Gasteiger partial charge in [0.05, 0.1) is 6.61 Å². The Balaban J connectivity index is 2.29. The maximum absolute atomic E-state index is 13.5. The molecule has 0 aliphatic heterocycles. The molecule has 0 saturated heterocycles. The van der Waals surface area contributed by atoms with E-state index in [-0.39, 0.29) is 17.4 Å². The summed E-state index contributed by atoms with van der Waals surface area (Å²) >= 11 is 1.03. The van der Waals surface area contributed by atoms with E-state index in [2.05, 4.69) is 10.3 Å². The first kappa shape index (κ1) is 15.3. The summed E-state index contributed by atoms with van der Waals surface area (Å²) < 4.78 is 44.7. The van der Waals surface area contributed by atoms with Crippen molar-refractivity contribution < 1.29 is 22.7 Å². The van der Waals surface area contributed by atoms with Gasteiger partial charge in [-0.15, -0.1) is 11.3 Å². The van der Waals surface area contributed by atoms with Gasteiger partial charge in [-0.25, -0.2) is 22.9 Å². The van der Waals surface area contributed by atoms with E-state index in [1.54, 1.807) is 13.8 Å². The van der Waals surface area contributed by atoms with Crippen LogP contribution >= 0.6 is 11.3 Å². The highest BCUT2D eigenvalue weighted by Crippen LogP contribution is 2.29. The maximum atomic E-state index is 13.5. The van der Waals surface area contributed by atoms with E-state index in [1.807, 2.05) is 0 Å². The van der Waals surface area contributed by atoms with Crippen LogP contribution in [-0.2, 0) is 4.74 Å². The number of benzene rings is 1. The topological polar surface area (TPSA) is 51.2 Å². The van der Waals surface area contributed by atoms with Crippen LogP contribution in [0.2, 0.25) is 0 Å². The van der Waals surface area contributed by atoms with E-state index in [4.69, 9.17) is 4.74 Å². The summed E-state index contributed by atoms with van der Waals surface area (Å²) in [4.78, 5) is 16.1. The number of thiazole rings is 1. The molecule has 0 bridgehead atoms. The van der Waals surface area contributed by atoms with Gasteiger partial charge in [-0.05, 0) is 13.8 Å². The number of rotatable bonds is 4. The van der Waals surface area contributed by atoms with Gasteiger partial charge < -0.3 is 10.1 Å². The number of esters is 1. The third kappa shape index (κ3) is 3.33. The highest BCUT2D eigenvalue weighted by molar-refractivity contribution is 7.15. The monoisotopic (exact) mass is 316 g/mol. The number of carbonyl (C=O) groups is 1. The number of carbonyl (C=O) groups excluding carboxylic acids is 1. The molecule has 1 heterocycles. The summed E-state index contributed by atoms with van der Waals surface area (Å²) in [5, 5.41) is 2.52. The summed E-state index contributed by atoms with van der Waals surface area (Å²) in [6.45, 7) is 3.48. The van der Waals surface area contributed by atoms with Gasteiger partial charge in [0.25, 0.3) is 0 Å². The number of aromatic nitrogens is 1. The largest absolute Gasteiger partial charge is 0.461 e. The van der Waals surface area contributed by atoms with Crippen LogP contribution in [0.25, 0.3) is 0 Å². The highest BCUT2D eigenvalue weighted by atomic mass is 32.1. The van der Waals surface area contributed by atoms with Crippen LogP contribution in [0.5, 0.6) is 0 Å². The summed E-state index contributed by atoms with van der Waals surface area (Å²) in [6.07, 6.45) is 0. The van der Waals surface area contributed by atoms with Gasteiger partial charge in [0.15, 0.2) is 22.5 Å². The molecule has 0 radical (unpaired) electrons. The second kappa shape index (κ2) is 6.13. The van der Waals surface area contributed by atoms with Crippen molar-refractivity contribution in [3.8, 4) is 0 Å². The van der Waals surface area contributed by atoms with Crippen molar-refractivity contribution in [1.82, 2.24) is 4.98 Å². The molecule has 21 heavy (non-hydrogen) atoms. The van der Waals surface area contributed by atoms with Gasteiger partial charge in [0.1, 0.15) is 11.5 Å². The molecule has 0 atom stereocenters. The second-order valence-corrected chi connectivity index (χ2v) is 5.22. The van der Waals surface area contributed by atoms with Crippen molar-refractivity contribution in [2.24, 2.45) is 0 Å². The molecule has 0 fully saturated rings. The van der Waals surface area contributed by atoms with E-state index >= 15 is 0 Å². The Bertz CT molecular complexity index is 665. The molecule has 1 N–H and O–H groups in total. The minimum absolute atomic E-state index is 0.0762. The molecule has 0 amide bonds. The van der Waals surface area contributed by atoms with Crippen LogP contribution in [0.3, 0.4) is 0 Å². The Morgan fingerprint density at radius 1 is 1.33 bits per heavy atom. The molecule has 2 rings (SSSR count). The normalized spacial score (nSPS) is 10.5. The van der Waals surface area contributed by atoms with Crippen molar-refractivity contribution in [2.75, 3.05) is 11.9 Å². The molecule has 0 spiro atoms.